The maximum absolute atomic E-state index is 13.7. The first kappa shape index (κ1) is 17.9. The molecule has 0 N–H and O–H groups in total. The smallest absolute Gasteiger partial charge is 0.339 e. The predicted molar refractivity (Wildman–Crippen MR) is 86.7 cm³/mol. The summed E-state index contributed by atoms with van der Waals surface area (Å²) in [6.45, 7) is 1.08. The molecule has 2 aromatic rings. The molecule has 1 aliphatic rings. The summed E-state index contributed by atoms with van der Waals surface area (Å²) < 4.78 is 53.3. The largest absolute Gasteiger partial charge is 0.417 e. The van der Waals surface area contributed by atoms with Gasteiger partial charge in [-0.25, -0.2) is 4.39 Å². The molecule has 134 valence electrons. The SMILES string of the molecule is N#Cc1ccc(-c2ccc(F)cc2C(=O)N2CCCC2)cc1C(F)(F)F. The third kappa shape index (κ3) is 3.40. The molecule has 0 unspecified atom stereocenters. The minimum absolute atomic E-state index is 0.0183. The molecule has 1 amide bonds. The van der Waals surface area contributed by atoms with Crippen molar-refractivity contribution in [2.75, 3.05) is 13.1 Å². The number of nitriles is 1. The van der Waals surface area contributed by atoms with Crippen molar-refractivity contribution in [2.24, 2.45) is 0 Å². The van der Waals surface area contributed by atoms with Crippen molar-refractivity contribution >= 4 is 5.91 Å². The topological polar surface area (TPSA) is 44.1 Å². The number of hydrogen-bond acceptors (Lipinski definition) is 2. The highest BCUT2D eigenvalue weighted by Crippen LogP contribution is 2.36. The number of benzene rings is 2. The van der Waals surface area contributed by atoms with Gasteiger partial charge in [0.05, 0.1) is 22.8 Å². The van der Waals surface area contributed by atoms with Crippen LogP contribution in [0.4, 0.5) is 17.6 Å². The van der Waals surface area contributed by atoms with E-state index >= 15 is 0 Å². The highest BCUT2D eigenvalue weighted by molar-refractivity contribution is 6.01. The Hall–Kier alpha value is -2.88. The molecule has 0 spiro atoms. The molecule has 0 saturated carbocycles. The second-order valence-electron chi connectivity index (χ2n) is 6.06. The van der Waals surface area contributed by atoms with Gasteiger partial charge in [0, 0.05) is 13.1 Å². The van der Waals surface area contributed by atoms with Gasteiger partial charge in [0.15, 0.2) is 0 Å². The fourth-order valence-electron chi connectivity index (χ4n) is 3.08. The van der Waals surface area contributed by atoms with Crippen molar-refractivity contribution in [3.05, 3.63) is 58.9 Å². The van der Waals surface area contributed by atoms with Crippen molar-refractivity contribution in [3.8, 4) is 17.2 Å². The number of hydrogen-bond donors (Lipinski definition) is 0. The number of halogens is 4. The first-order valence-electron chi connectivity index (χ1n) is 8.02. The Bertz CT molecular complexity index is 893. The van der Waals surface area contributed by atoms with Crippen LogP contribution in [0.15, 0.2) is 36.4 Å². The lowest BCUT2D eigenvalue weighted by atomic mass is 9.95. The summed E-state index contributed by atoms with van der Waals surface area (Å²) in [6.07, 6.45) is -3.03. The fourth-order valence-corrected chi connectivity index (χ4v) is 3.08. The Balaban J connectivity index is 2.13. The quantitative estimate of drug-likeness (QED) is 0.732. The summed E-state index contributed by atoms with van der Waals surface area (Å²) in [6, 6.07) is 8.17. The summed E-state index contributed by atoms with van der Waals surface area (Å²) in [5.74, 6) is -1.05. The van der Waals surface area contributed by atoms with E-state index in [0.29, 0.717) is 13.1 Å². The van der Waals surface area contributed by atoms with E-state index in [4.69, 9.17) is 5.26 Å². The van der Waals surface area contributed by atoms with Gasteiger partial charge < -0.3 is 4.90 Å². The molecule has 1 fully saturated rings. The second kappa shape index (κ2) is 6.79. The molecule has 3 rings (SSSR count). The van der Waals surface area contributed by atoms with Crippen LogP contribution in [0.25, 0.3) is 11.1 Å². The molecule has 0 aliphatic carbocycles. The number of rotatable bonds is 2. The van der Waals surface area contributed by atoms with Crippen LogP contribution in [0.2, 0.25) is 0 Å². The molecule has 0 radical (unpaired) electrons. The van der Waals surface area contributed by atoms with Crippen LogP contribution in [0.3, 0.4) is 0 Å². The van der Waals surface area contributed by atoms with Gasteiger partial charge in [-0.1, -0.05) is 12.1 Å². The maximum Gasteiger partial charge on any atom is 0.417 e. The van der Waals surface area contributed by atoms with E-state index in [1.165, 1.54) is 18.2 Å². The van der Waals surface area contributed by atoms with E-state index in [9.17, 15) is 22.4 Å². The molecule has 1 saturated heterocycles. The van der Waals surface area contributed by atoms with Crippen LogP contribution in [0.1, 0.15) is 34.3 Å². The van der Waals surface area contributed by atoms with Gasteiger partial charge in [-0.05, 0) is 48.2 Å². The summed E-state index contributed by atoms with van der Waals surface area (Å²) in [5, 5.41) is 8.91. The number of nitrogens with zero attached hydrogens (tertiary/aromatic N) is 2. The number of alkyl halides is 3. The number of carbonyl (C=O) groups is 1. The normalized spacial score (nSPS) is 14.3. The van der Waals surface area contributed by atoms with E-state index in [0.717, 1.165) is 37.1 Å². The van der Waals surface area contributed by atoms with Gasteiger partial charge in [-0.3, -0.25) is 4.79 Å². The molecular weight excluding hydrogens is 348 g/mol. The highest BCUT2D eigenvalue weighted by Gasteiger charge is 2.34. The van der Waals surface area contributed by atoms with Gasteiger partial charge >= 0.3 is 6.18 Å². The Morgan fingerprint density at radius 3 is 2.38 bits per heavy atom. The lowest BCUT2D eigenvalue weighted by Gasteiger charge is -2.18. The fraction of sp³-hybridized carbons (Fsp3) is 0.263. The van der Waals surface area contributed by atoms with Gasteiger partial charge in [0.2, 0.25) is 0 Å². The average molecular weight is 362 g/mol. The predicted octanol–water partition coefficient (Wildman–Crippen LogP) is 4.62. The summed E-state index contributed by atoms with van der Waals surface area (Å²) in [5.41, 5.74) is -1.25. The molecule has 1 heterocycles. The minimum atomic E-state index is -4.71. The third-order valence-corrected chi connectivity index (χ3v) is 4.36. The standard InChI is InChI=1S/C19H14F4N2O/c20-14-5-6-15(16(10-14)18(26)25-7-1-2-8-25)12-3-4-13(11-24)17(9-12)19(21,22)23/h3-6,9-10H,1-2,7-8H2. The monoisotopic (exact) mass is 362 g/mol. The Morgan fingerprint density at radius 1 is 1.08 bits per heavy atom. The minimum Gasteiger partial charge on any atom is -0.339 e. The molecule has 0 bridgehead atoms. The van der Waals surface area contributed by atoms with Gasteiger partial charge in [0.25, 0.3) is 5.91 Å². The molecule has 3 nitrogen and oxygen atoms in total. The van der Waals surface area contributed by atoms with Crippen LogP contribution in [0.5, 0.6) is 0 Å². The van der Waals surface area contributed by atoms with Crippen LogP contribution in [0, 0.1) is 17.1 Å². The first-order chi connectivity index (χ1) is 12.3. The number of likely N-dealkylation sites (tertiary alicyclic amines) is 1. The van der Waals surface area contributed by atoms with Crippen molar-refractivity contribution < 1.29 is 22.4 Å². The zero-order valence-electron chi connectivity index (χ0n) is 13.6. The van der Waals surface area contributed by atoms with Gasteiger partial charge in [-0.15, -0.1) is 0 Å². The molecule has 0 aromatic heterocycles. The van der Waals surface area contributed by atoms with Crippen LogP contribution in [-0.4, -0.2) is 23.9 Å². The molecule has 0 atom stereocenters. The maximum atomic E-state index is 13.7. The van der Waals surface area contributed by atoms with E-state index in [1.54, 1.807) is 4.90 Å². The Labute approximate surface area is 147 Å². The second-order valence-corrected chi connectivity index (χ2v) is 6.06. The highest BCUT2D eigenvalue weighted by atomic mass is 19.4. The zero-order chi connectivity index (χ0) is 18.9. The van der Waals surface area contributed by atoms with E-state index in [2.05, 4.69) is 0 Å². The van der Waals surface area contributed by atoms with E-state index in [1.807, 2.05) is 0 Å². The number of amides is 1. The lowest BCUT2D eigenvalue weighted by Crippen LogP contribution is -2.28. The van der Waals surface area contributed by atoms with E-state index in [-0.39, 0.29) is 16.7 Å². The summed E-state index contributed by atoms with van der Waals surface area (Å²) in [4.78, 5) is 14.2. The Morgan fingerprint density at radius 2 is 1.77 bits per heavy atom. The molecule has 7 heteroatoms. The van der Waals surface area contributed by atoms with Crippen LogP contribution < -0.4 is 0 Å². The molecule has 1 aliphatic heterocycles. The molecular formula is C19H14F4N2O. The van der Waals surface area contributed by atoms with Crippen molar-refractivity contribution in [3.63, 3.8) is 0 Å². The third-order valence-electron chi connectivity index (χ3n) is 4.36. The summed E-state index contributed by atoms with van der Waals surface area (Å²) >= 11 is 0. The molecule has 26 heavy (non-hydrogen) atoms. The average Bonchev–Trinajstić information content (AvgIpc) is 3.14. The zero-order valence-corrected chi connectivity index (χ0v) is 13.6. The Kier molecular flexibility index (Phi) is 4.68. The van der Waals surface area contributed by atoms with Crippen LogP contribution in [-0.2, 0) is 6.18 Å². The van der Waals surface area contributed by atoms with Crippen molar-refractivity contribution in [1.82, 2.24) is 4.90 Å². The molecule has 2 aromatic carbocycles. The van der Waals surface area contributed by atoms with E-state index < -0.39 is 29.0 Å². The first-order valence-corrected chi connectivity index (χ1v) is 8.02. The van der Waals surface area contributed by atoms with Gasteiger partial charge in [0.1, 0.15) is 5.82 Å². The van der Waals surface area contributed by atoms with Crippen molar-refractivity contribution in [2.45, 2.75) is 19.0 Å². The van der Waals surface area contributed by atoms with Crippen LogP contribution >= 0.6 is 0 Å². The lowest BCUT2D eigenvalue weighted by molar-refractivity contribution is -0.137. The van der Waals surface area contributed by atoms with Crippen molar-refractivity contribution in [1.29, 1.82) is 5.26 Å². The number of carbonyl (C=O) groups excluding carboxylic acids is 1. The summed E-state index contributed by atoms with van der Waals surface area (Å²) in [7, 11) is 0. The van der Waals surface area contributed by atoms with Gasteiger partial charge in [-0.2, -0.15) is 18.4 Å².